The fourth-order valence-corrected chi connectivity index (χ4v) is 4.52. The lowest BCUT2D eigenvalue weighted by molar-refractivity contribution is -0.132. The largest absolute Gasteiger partial charge is 0.354 e. The average Bonchev–Trinajstić information content (AvgIpc) is 3.13. The van der Waals surface area contributed by atoms with Gasteiger partial charge in [0.2, 0.25) is 11.8 Å². The van der Waals surface area contributed by atoms with E-state index in [0.717, 1.165) is 37.7 Å². The van der Waals surface area contributed by atoms with E-state index in [-0.39, 0.29) is 23.8 Å². The molecule has 2 aromatic carbocycles. The summed E-state index contributed by atoms with van der Waals surface area (Å²) in [5.74, 6) is 0.156. The van der Waals surface area contributed by atoms with E-state index in [9.17, 15) is 9.59 Å². The zero-order valence-corrected chi connectivity index (χ0v) is 19.2. The summed E-state index contributed by atoms with van der Waals surface area (Å²) in [6.45, 7) is 5.00. The average molecular weight is 444 g/mol. The van der Waals surface area contributed by atoms with E-state index in [0.29, 0.717) is 31.5 Å². The molecule has 1 heterocycles. The molecule has 33 heavy (non-hydrogen) atoms. The van der Waals surface area contributed by atoms with Crippen LogP contribution in [0.25, 0.3) is 0 Å². The molecule has 2 amide bonds. The Bertz CT molecular complexity index is 980. The lowest BCUT2D eigenvalue weighted by Gasteiger charge is -2.25. The number of amides is 2. The van der Waals surface area contributed by atoms with Gasteiger partial charge in [-0.2, -0.15) is 5.26 Å². The normalized spacial score (nSPS) is 17.5. The number of nitriles is 1. The van der Waals surface area contributed by atoms with Crippen molar-refractivity contribution in [2.45, 2.75) is 51.0 Å². The molecule has 0 unspecified atom stereocenters. The molecular weight excluding hydrogens is 410 g/mol. The quantitative estimate of drug-likeness (QED) is 0.494. The molecule has 0 saturated carbocycles. The summed E-state index contributed by atoms with van der Waals surface area (Å²) < 4.78 is 0. The van der Waals surface area contributed by atoms with E-state index >= 15 is 0 Å². The van der Waals surface area contributed by atoms with Gasteiger partial charge in [0.15, 0.2) is 0 Å². The van der Waals surface area contributed by atoms with Crippen LogP contribution < -0.4 is 5.32 Å². The number of allylic oxidation sites excluding steroid dienone is 1. The lowest BCUT2D eigenvalue weighted by Crippen LogP contribution is -2.42. The molecule has 5 nitrogen and oxygen atoms in total. The number of nitrogens with zero attached hydrogens (tertiary/aromatic N) is 2. The molecule has 1 saturated heterocycles. The highest BCUT2D eigenvalue weighted by Crippen LogP contribution is 2.27. The van der Waals surface area contributed by atoms with Crippen molar-refractivity contribution in [3.05, 3.63) is 83.9 Å². The van der Waals surface area contributed by atoms with Gasteiger partial charge in [0, 0.05) is 31.5 Å². The van der Waals surface area contributed by atoms with E-state index in [1.165, 1.54) is 5.56 Å². The molecule has 0 spiro atoms. The Balaban J connectivity index is 1.46. The standard InChI is InChI=1S/C28H33N3O2/c1-2-9-25-19-26(31(28(25)33)17-8-15-22-10-4-3-5-11-22)21-30-27(32)16-7-13-23-12-6-14-24(18-23)20-29/h2-6,10-12,14,18,25-26H,1,7-9,13,15-17,19,21H2,(H,30,32)/t25-,26+/m1/s1. The van der Waals surface area contributed by atoms with E-state index < -0.39 is 0 Å². The first-order valence-electron chi connectivity index (χ1n) is 11.8. The van der Waals surface area contributed by atoms with Crippen LogP contribution in [0.15, 0.2) is 67.3 Å². The summed E-state index contributed by atoms with van der Waals surface area (Å²) in [5, 5.41) is 12.1. The number of hydrogen-bond donors (Lipinski definition) is 1. The molecule has 0 aliphatic carbocycles. The first kappa shape index (κ1) is 24.3. The summed E-state index contributed by atoms with van der Waals surface area (Å²) in [4.78, 5) is 27.3. The predicted molar refractivity (Wildman–Crippen MR) is 130 cm³/mol. The van der Waals surface area contributed by atoms with Crippen LogP contribution in [0.3, 0.4) is 0 Å². The monoisotopic (exact) mass is 443 g/mol. The van der Waals surface area contributed by atoms with Crippen LogP contribution in [0.4, 0.5) is 0 Å². The SMILES string of the molecule is C=CC[C@@H]1C[C@@H](CNC(=O)CCCc2cccc(C#N)c2)N(CCCc2ccccc2)C1=O. The van der Waals surface area contributed by atoms with Gasteiger partial charge in [-0.3, -0.25) is 9.59 Å². The van der Waals surface area contributed by atoms with Crippen molar-refractivity contribution in [1.82, 2.24) is 10.2 Å². The third kappa shape index (κ3) is 7.32. The number of nitrogens with one attached hydrogen (secondary N) is 1. The van der Waals surface area contributed by atoms with Gasteiger partial charge in [-0.25, -0.2) is 0 Å². The van der Waals surface area contributed by atoms with Crippen LogP contribution in [0.1, 0.15) is 48.8 Å². The van der Waals surface area contributed by atoms with Gasteiger partial charge in [0.25, 0.3) is 0 Å². The molecule has 0 bridgehead atoms. The molecule has 2 aromatic rings. The number of likely N-dealkylation sites (tertiary alicyclic amines) is 1. The molecule has 2 atom stereocenters. The predicted octanol–water partition coefficient (Wildman–Crippen LogP) is 4.42. The van der Waals surface area contributed by atoms with Crippen molar-refractivity contribution in [2.75, 3.05) is 13.1 Å². The summed E-state index contributed by atoms with van der Waals surface area (Å²) in [6, 6.07) is 20.0. The molecule has 172 valence electrons. The fraction of sp³-hybridized carbons (Fsp3) is 0.393. The number of benzene rings is 2. The third-order valence-corrected chi connectivity index (χ3v) is 6.25. The van der Waals surface area contributed by atoms with Gasteiger partial charge in [0.05, 0.1) is 11.6 Å². The molecule has 1 N–H and O–H groups in total. The first-order valence-corrected chi connectivity index (χ1v) is 11.8. The van der Waals surface area contributed by atoms with Crippen molar-refractivity contribution >= 4 is 11.8 Å². The highest BCUT2D eigenvalue weighted by atomic mass is 16.2. The molecule has 0 radical (unpaired) electrons. The van der Waals surface area contributed by atoms with Crippen molar-refractivity contribution < 1.29 is 9.59 Å². The van der Waals surface area contributed by atoms with Crippen molar-refractivity contribution in [3.8, 4) is 6.07 Å². The second-order valence-corrected chi connectivity index (χ2v) is 8.70. The van der Waals surface area contributed by atoms with Crippen LogP contribution in [0.2, 0.25) is 0 Å². The maximum atomic E-state index is 12.9. The van der Waals surface area contributed by atoms with Gasteiger partial charge in [0.1, 0.15) is 0 Å². The Labute approximate surface area is 197 Å². The van der Waals surface area contributed by atoms with Gasteiger partial charge in [-0.15, -0.1) is 6.58 Å². The molecule has 1 aliphatic heterocycles. The van der Waals surface area contributed by atoms with Gasteiger partial charge in [-0.1, -0.05) is 48.5 Å². The lowest BCUT2D eigenvalue weighted by atomic mass is 10.0. The number of rotatable bonds is 12. The minimum atomic E-state index is -0.0338. The molecule has 3 rings (SSSR count). The van der Waals surface area contributed by atoms with Crippen LogP contribution in [-0.2, 0) is 22.4 Å². The smallest absolute Gasteiger partial charge is 0.226 e. The molecular formula is C28H33N3O2. The van der Waals surface area contributed by atoms with Crippen molar-refractivity contribution in [3.63, 3.8) is 0 Å². The van der Waals surface area contributed by atoms with Crippen LogP contribution in [0, 0.1) is 17.2 Å². The molecule has 0 aromatic heterocycles. The second-order valence-electron chi connectivity index (χ2n) is 8.70. The fourth-order valence-electron chi connectivity index (χ4n) is 4.52. The topological polar surface area (TPSA) is 73.2 Å². The minimum absolute atomic E-state index is 0.00953. The van der Waals surface area contributed by atoms with E-state index in [4.69, 9.17) is 5.26 Å². The Hall–Kier alpha value is -3.39. The van der Waals surface area contributed by atoms with E-state index in [2.05, 4.69) is 30.1 Å². The Morgan fingerprint density at radius 3 is 2.64 bits per heavy atom. The maximum Gasteiger partial charge on any atom is 0.226 e. The summed E-state index contributed by atoms with van der Waals surface area (Å²) in [7, 11) is 0. The molecule has 1 fully saturated rings. The van der Waals surface area contributed by atoms with Gasteiger partial charge in [-0.05, 0) is 61.8 Å². The van der Waals surface area contributed by atoms with Gasteiger partial charge < -0.3 is 10.2 Å². The van der Waals surface area contributed by atoms with Crippen LogP contribution >= 0.6 is 0 Å². The van der Waals surface area contributed by atoms with E-state index in [1.807, 2.05) is 47.4 Å². The number of carbonyl (C=O) groups is 2. The Morgan fingerprint density at radius 2 is 1.88 bits per heavy atom. The molecule has 5 heteroatoms. The summed E-state index contributed by atoms with van der Waals surface area (Å²) >= 11 is 0. The highest BCUT2D eigenvalue weighted by Gasteiger charge is 2.38. The van der Waals surface area contributed by atoms with E-state index in [1.54, 1.807) is 6.07 Å². The van der Waals surface area contributed by atoms with Crippen molar-refractivity contribution in [2.24, 2.45) is 5.92 Å². The molecule has 1 aliphatic rings. The van der Waals surface area contributed by atoms with Crippen LogP contribution in [0.5, 0.6) is 0 Å². The zero-order valence-electron chi connectivity index (χ0n) is 19.2. The second kappa shape index (κ2) is 12.6. The first-order chi connectivity index (χ1) is 16.1. The number of aryl methyl sites for hydroxylation is 2. The Kier molecular flexibility index (Phi) is 9.26. The third-order valence-electron chi connectivity index (χ3n) is 6.25. The highest BCUT2D eigenvalue weighted by molar-refractivity contribution is 5.82. The van der Waals surface area contributed by atoms with Gasteiger partial charge >= 0.3 is 0 Å². The summed E-state index contributed by atoms with van der Waals surface area (Å²) in [6.07, 6.45) is 7.01. The zero-order chi connectivity index (χ0) is 23.5. The minimum Gasteiger partial charge on any atom is -0.354 e. The number of hydrogen-bond acceptors (Lipinski definition) is 3. The summed E-state index contributed by atoms with van der Waals surface area (Å²) in [5.41, 5.74) is 2.99. The van der Waals surface area contributed by atoms with Crippen LogP contribution in [-0.4, -0.2) is 35.8 Å². The number of carbonyl (C=O) groups excluding carboxylic acids is 2. The Morgan fingerprint density at radius 1 is 1.12 bits per heavy atom. The van der Waals surface area contributed by atoms with Crippen molar-refractivity contribution in [1.29, 1.82) is 5.26 Å². The maximum absolute atomic E-state index is 12.9.